The van der Waals surface area contributed by atoms with Gasteiger partial charge in [0.1, 0.15) is 0 Å². The number of anilines is 1. The number of terminal acetylenes is 1. The van der Waals surface area contributed by atoms with Crippen molar-refractivity contribution in [3.63, 3.8) is 0 Å². The molecule has 0 saturated heterocycles. The number of carboxylic acids is 1. The summed E-state index contributed by atoms with van der Waals surface area (Å²) in [6.07, 6.45) is 5.19. The lowest BCUT2D eigenvalue weighted by molar-refractivity contribution is 0.0697. The zero-order valence-electron chi connectivity index (χ0n) is 7.16. The van der Waals surface area contributed by atoms with E-state index >= 15 is 0 Å². The minimum Gasteiger partial charge on any atom is -0.478 e. The maximum absolute atomic E-state index is 10.6. The summed E-state index contributed by atoms with van der Waals surface area (Å²) >= 11 is 0. The molecule has 1 rings (SSSR count). The van der Waals surface area contributed by atoms with E-state index in [9.17, 15) is 4.79 Å². The Hall–Kier alpha value is -1.95. The van der Waals surface area contributed by atoms with Crippen LogP contribution in [0.3, 0.4) is 0 Å². The molecule has 3 N–H and O–H groups in total. The van der Waals surface area contributed by atoms with Gasteiger partial charge in [0.05, 0.1) is 5.56 Å². The lowest BCUT2D eigenvalue weighted by Gasteiger charge is -2.04. The Morgan fingerprint density at radius 3 is 2.69 bits per heavy atom. The highest BCUT2D eigenvalue weighted by Crippen LogP contribution is 2.18. The van der Waals surface area contributed by atoms with Gasteiger partial charge in [-0.25, -0.2) is 4.79 Å². The summed E-state index contributed by atoms with van der Waals surface area (Å²) in [5.74, 6) is 1.36. The van der Waals surface area contributed by atoms with Crippen molar-refractivity contribution in [3.05, 3.63) is 28.8 Å². The maximum atomic E-state index is 10.6. The zero-order valence-corrected chi connectivity index (χ0v) is 7.16. The van der Waals surface area contributed by atoms with Gasteiger partial charge in [-0.05, 0) is 24.6 Å². The number of benzene rings is 1. The van der Waals surface area contributed by atoms with Crippen molar-refractivity contribution < 1.29 is 9.90 Å². The van der Waals surface area contributed by atoms with E-state index < -0.39 is 5.97 Å². The Balaban J connectivity index is 3.41. The molecular formula is C10H9NO2. The number of rotatable bonds is 1. The fourth-order valence-electron chi connectivity index (χ4n) is 1.01. The summed E-state index contributed by atoms with van der Waals surface area (Å²) in [4.78, 5) is 10.6. The molecule has 3 nitrogen and oxygen atoms in total. The molecule has 0 saturated carbocycles. The monoisotopic (exact) mass is 175 g/mol. The average molecular weight is 175 g/mol. The summed E-state index contributed by atoms with van der Waals surface area (Å²) in [6, 6.07) is 2.84. The van der Waals surface area contributed by atoms with Crippen molar-refractivity contribution in [3.8, 4) is 12.3 Å². The largest absolute Gasteiger partial charge is 0.478 e. The van der Waals surface area contributed by atoms with E-state index in [4.69, 9.17) is 17.3 Å². The summed E-state index contributed by atoms with van der Waals surface area (Å²) < 4.78 is 0. The molecule has 0 amide bonds. The van der Waals surface area contributed by atoms with Crippen molar-refractivity contribution in [2.24, 2.45) is 0 Å². The molecule has 1 aromatic rings. The Labute approximate surface area is 76.2 Å². The minimum absolute atomic E-state index is 0.121. The lowest BCUT2D eigenvalue weighted by Crippen LogP contribution is -2.01. The number of carbonyl (C=O) groups is 1. The van der Waals surface area contributed by atoms with Gasteiger partial charge in [0.2, 0.25) is 0 Å². The van der Waals surface area contributed by atoms with E-state index in [-0.39, 0.29) is 5.56 Å². The number of nitrogen functional groups attached to an aromatic ring is 1. The van der Waals surface area contributed by atoms with Crippen molar-refractivity contribution in [2.75, 3.05) is 5.73 Å². The molecule has 0 radical (unpaired) electrons. The zero-order chi connectivity index (χ0) is 10.0. The summed E-state index contributed by atoms with van der Waals surface area (Å²) in [5, 5.41) is 8.70. The Morgan fingerprint density at radius 2 is 2.23 bits per heavy atom. The van der Waals surface area contributed by atoms with Gasteiger partial charge in [0.15, 0.2) is 0 Å². The van der Waals surface area contributed by atoms with E-state index in [1.165, 1.54) is 12.1 Å². The van der Waals surface area contributed by atoms with E-state index in [2.05, 4.69) is 5.92 Å². The molecule has 0 spiro atoms. The molecule has 3 heteroatoms. The van der Waals surface area contributed by atoms with Gasteiger partial charge in [-0.15, -0.1) is 6.42 Å². The first-order chi connectivity index (χ1) is 6.06. The first-order valence-electron chi connectivity index (χ1n) is 3.66. The third-order valence-electron chi connectivity index (χ3n) is 1.85. The normalized spacial score (nSPS) is 9.23. The topological polar surface area (TPSA) is 63.3 Å². The summed E-state index contributed by atoms with van der Waals surface area (Å²) in [5.41, 5.74) is 7.38. The molecule has 0 fully saturated rings. The molecule has 0 aliphatic carbocycles. The lowest BCUT2D eigenvalue weighted by atomic mass is 10.0. The molecule has 0 unspecified atom stereocenters. The second kappa shape index (κ2) is 3.20. The highest BCUT2D eigenvalue weighted by molar-refractivity contribution is 5.89. The number of hydrogen-bond donors (Lipinski definition) is 2. The van der Waals surface area contributed by atoms with Gasteiger partial charge < -0.3 is 10.8 Å². The van der Waals surface area contributed by atoms with Crippen molar-refractivity contribution >= 4 is 11.7 Å². The van der Waals surface area contributed by atoms with Gasteiger partial charge in [-0.2, -0.15) is 0 Å². The summed E-state index contributed by atoms with van der Waals surface area (Å²) in [7, 11) is 0. The molecule has 0 aromatic heterocycles. The quantitative estimate of drug-likeness (QED) is 0.499. The number of carboxylic acid groups (broad SMARTS) is 1. The average Bonchev–Trinajstić information content (AvgIpc) is 2.09. The molecule has 0 aliphatic rings. The Bertz CT molecular complexity index is 402. The first kappa shape index (κ1) is 9.14. The number of hydrogen-bond acceptors (Lipinski definition) is 2. The highest BCUT2D eigenvalue weighted by atomic mass is 16.4. The molecular weight excluding hydrogens is 166 g/mol. The molecule has 0 heterocycles. The van der Waals surface area contributed by atoms with Gasteiger partial charge in [-0.3, -0.25) is 0 Å². The number of aromatic carboxylic acids is 1. The standard InChI is InChI=1S/C10H9NO2/c1-3-7-4-8(10(12)13)5-9(11)6(7)2/h1,4-5H,11H2,2H3,(H,12,13). The van der Waals surface area contributed by atoms with Crippen LogP contribution in [0.15, 0.2) is 12.1 Å². The predicted octanol–water partition coefficient (Wildman–Crippen LogP) is 1.26. The highest BCUT2D eigenvalue weighted by Gasteiger charge is 2.07. The van der Waals surface area contributed by atoms with Crippen LogP contribution in [-0.4, -0.2) is 11.1 Å². The molecule has 0 atom stereocenters. The molecule has 0 aliphatic heterocycles. The van der Waals surface area contributed by atoms with Gasteiger partial charge >= 0.3 is 5.97 Å². The van der Waals surface area contributed by atoms with Crippen molar-refractivity contribution in [1.82, 2.24) is 0 Å². The second-order valence-corrected chi connectivity index (χ2v) is 2.69. The van der Waals surface area contributed by atoms with Gasteiger partial charge in [0, 0.05) is 11.3 Å². The van der Waals surface area contributed by atoms with Crippen LogP contribution in [0.1, 0.15) is 21.5 Å². The van der Waals surface area contributed by atoms with Gasteiger partial charge in [0.25, 0.3) is 0 Å². The summed E-state index contributed by atoms with van der Waals surface area (Å²) in [6.45, 7) is 1.76. The molecule has 0 bridgehead atoms. The second-order valence-electron chi connectivity index (χ2n) is 2.69. The van der Waals surface area contributed by atoms with E-state index in [1.54, 1.807) is 6.92 Å². The Kier molecular flexibility index (Phi) is 2.25. The van der Waals surface area contributed by atoms with Crippen molar-refractivity contribution in [2.45, 2.75) is 6.92 Å². The third-order valence-corrected chi connectivity index (χ3v) is 1.85. The van der Waals surface area contributed by atoms with E-state index in [1.807, 2.05) is 0 Å². The fourth-order valence-corrected chi connectivity index (χ4v) is 1.01. The molecule has 66 valence electrons. The SMILES string of the molecule is C#Cc1cc(C(=O)O)cc(N)c1C. The van der Waals surface area contributed by atoms with Crippen LogP contribution in [0.2, 0.25) is 0 Å². The predicted molar refractivity (Wildman–Crippen MR) is 50.5 cm³/mol. The fraction of sp³-hybridized carbons (Fsp3) is 0.100. The van der Waals surface area contributed by atoms with Crippen molar-refractivity contribution in [1.29, 1.82) is 0 Å². The van der Waals surface area contributed by atoms with Gasteiger partial charge in [-0.1, -0.05) is 5.92 Å². The molecule has 13 heavy (non-hydrogen) atoms. The van der Waals surface area contributed by atoms with Crippen LogP contribution < -0.4 is 5.73 Å². The minimum atomic E-state index is -1.02. The Morgan fingerprint density at radius 1 is 1.62 bits per heavy atom. The van der Waals surface area contributed by atoms with E-state index in [0.717, 1.165) is 5.56 Å². The van der Waals surface area contributed by atoms with Crippen LogP contribution in [0.25, 0.3) is 0 Å². The number of nitrogens with two attached hydrogens (primary N) is 1. The third kappa shape index (κ3) is 1.62. The smallest absolute Gasteiger partial charge is 0.335 e. The van der Waals surface area contributed by atoms with Crippen LogP contribution in [0.4, 0.5) is 5.69 Å². The molecule has 1 aromatic carbocycles. The van der Waals surface area contributed by atoms with Crippen LogP contribution in [0.5, 0.6) is 0 Å². The van der Waals surface area contributed by atoms with E-state index in [0.29, 0.717) is 11.3 Å². The first-order valence-corrected chi connectivity index (χ1v) is 3.66. The van der Waals surface area contributed by atoms with Crippen LogP contribution in [0, 0.1) is 19.3 Å². The van der Waals surface area contributed by atoms with Crippen LogP contribution in [-0.2, 0) is 0 Å². The van der Waals surface area contributed by atoms with Crippen LogP contribution >= 0.6 is 0 Å². The maximum Gasteiger partial charge on any atom is 0.335 e.